The maximum Gasteiger partial charge on any atom is -0.00129 e. The molecule has 0 saturated heterocycles. The van der Waals surface area contributed by atoms with Crippen molar-refractivity contribution in [1.82, 2.24) is 0 Å². The number of benzene rings is 1. The summed E-state index contributed by atoms with van der Waals surface area (Å²) in [7, 11) is 0. The predicted molar refractivity (Wildman–Crippen MR) is 73.2 cm³/mol. The van der Waals surface area contributed by atoms with Crippen molar-refractivity contribution in [1.29, 1.82) is 0 Å². The first-order valence-corrected chi connectivity index (χ1v) is 6.23. The first-order valence-electron chi connectivity index (χ1n) is 6.23. The Morgan fingerprint density at radius 1 is 0.812 bits per heavy atom. The number of hydrogen-bond donors (Lipinski definition) is 0. The molecular formula is C16H24. The Bertz CT molecular complexity index is 332. The quantitative estimate of drug-likeness (QED) is 0.605. The second-order valence-corrected chi connectivity index (χ2v) is 5.27. The lowest BCUT2D eigenvalue weighted by Gasteiger charge is -2.16. The molecule has 88 valence electrons. The van der Waals surface area contributed by atoms with Gasteiger partial charge < -0.3 is 0 Å². The van der Waals surface area contributed by atoms with Gasteiger partial charge in [0.2, 0.25) is 0 Å². The lowest BCUT2D eigenvalue weighted by molar-refractivity contribution is 0.820. The Labute approximate surface area is 100 Å². The van der Waals surface area contributed by atoms with Crippen LogP contribution in [0.1, 0.15) is 69.1 Å². The molecule has 0 saturated carbocycles. The molecule has 1 aromatic rings. The first-order chi connectivity index (χ1) is 7.45. The van der Waals surface area contributed by atoms with E-state index in [9.17, 15) is 0 Å². The molecule has 1 atom stereocenters. The molecule has 0 heteroatoms. The van der Waals surface area contributed by atoms with Crippen LogP contribution in [0.2, 0.25) is 0 Å². The lowest BCUT2D eigenvalue weighted by atomic mass is 9.89. The molecule has 1 unspecified atom stereocenters. The molecule has 0 heterocycles. The highest BCUT2D eigenvalue weighted by Gasteiger charge is 2.09. The van der Waals surface area contributed by atoms with Crippen molar-refractivity contribution in [2.45, 2.75) is 52.4 Å². The van der Waals surface area contributed by atoms with Gasteiger partial charge in [0.15, 0.2) is 0 Å². The fraction of sp³-hybridized carbons (Fsp3) is 0.500. The van der Waals surface area contributed by atoms with Gasteiger partial charge >= 0.3 is 0 Å². The second-order valence-electron chi connectivity index (χ2n) is 5.27. The predicted octanol–water partition coefficient (Wildman–Crippen LogP) is 5.22. The van der Waals surface area contributed by atoms with E-state index in [-0.39, 0.29) is 0 Å². The average molecular weight is 216 g/mol. The first kappa shape index (κ1) is 13.0. The van der Waals surface area contributed by atoms with Crippen LogP contribution in [0.25, 0.3) is 0 Å². The van der Waals surface area contributed by atoms with Crippen molar-refractivity contribution in [3.63, 3.8) is 0 Å². The van der Waals surface area contributed by atoms with Gasteiger partial charge in [0, 0.05) is 0 Å². The SMILES string of the molecule is C=CC(C)c1cc(C(C)C)cc(C(C)C)c1. The molecule has 1 rings (SSSR count). The van der Waals surface area contributed by atoms with Crippen molar-refractivity contribution < 1.29 is 0 Å². The van der Waals surface area contributed by atoms with Crippen LogP contribution >= 0.6 is 0 Å². The van der Waals surface area contributed by atoms with Gasteiger partial charge in [-0.2, -0.15) is 0 Å². The van der Waals surface area contributed by atoms with Crippen molar-refractivity contribution in [3.8, 4) is 0 Å². The summed E-state index contributed by atoms with van der Waals surface area (Å²) in [6, 6.07) is 6.99. The highest BCUT2D eigenvalue weighted by Crippen LogP contribution is 2.27. The van der Waals surface area contributed by atoms with Crippen LogP contribution in [0, 0.1) is 0 Å². The summed E-state index contributed by atoms with van der Waals surface area (Å²) >= 11 is 0. The molecule has 0 aromatic heterocycles. The molecular weight excluding hydrogens is 192 g/mol. The molecule has 0 aliphatic carbocycles. The molecule has 0 bridgehead atoms. The van der Waals surface area contributed by atoms with Crippen LogP contribution in [-0.2, 0) is 0 Å². The molecule has 0 amide bonds. The van der Waals surface area contributed by atoms with E-state index in [4.69, 9.17) is 0 Å². The zero-order valence-electron chi connectivity index (χ0n) is 11.2. The molecule has 0 aliphatic heterocycles. The monoisotopic (exact) mass is 216 g/mol. The van der Waals surface area contributed by atoms with E-state index < -0.39 is 0 Å². The van der Waals surface area contributed by atoms with E-state index in [1.165, 1.54) is 16.7 Å². The smallest absolute Gasteiger partial charge is 0.00129 e. The van der Waals surface area contributed by atoms with E-state index in [1.807, 2.05) is 6.08 Å². The van der Waals surface area contributed by atoms with Crippen LogP contribution in [0.15, 0.2) is 30.9 Å². The highest BCUT2D eigenvalue weighted by atomic mass is 14.1. The van der Waals surface area contributed by atoms with E-state index in [2.05, 4.69) is 59.4 Å². The summed E-state index contributed by atoms with van der Waals surface area (Å²) in [6.07, 6.45) is 2.02. The van der Waals surface area contributed by atoms with Crippen molar-refractivity contribution in [3.05, 3.63) is 47.5 Å². The second kappa shape index (κ2) is 5.34. The third-order valence-electron chi connectivity index (χ3n) is 3.21. The van der Waals surface area contributed by atoms with Crippen LogP contribution in [-0.4, -0.2) is 0 Å². The molecule has 1 aromatic carbocycles. The number of rotatable bonds is 4. The molecule has 0 aliphatic rings. The average Bonchev–Trinajstić information content (AvgIpc) is 2.27. The molecule has 0 nitrogen and oxygen atoms in total. The normalized spacial score (nSPS) is 13.2. The summed E-state index contributed by atoms with van der Waals surface area (Å²) in [5.74, 6) is 1.63. The Morgan fingerprint density at radius 3 is 1.50 bits per heavy atom. The van der Waals surface area contributed by atoms with Crippen LogP contribution in [0.4, 0.5) is 0 Å². The summed E-state index contributed by atoms with van der Waals surface area (Å²) in [4.78, 5) is 0. The number of allylic oxidation sites excluding steroid dienone is 1. The van der Waals surface area contributed by atoms with E-state index in [0.29, 0.717) is 17.8 Å². The largest absolute Gasteiger partial charge is 0.102 e. The number of hydrogen-bond acceptors (Lipinski definition) is 0. The van der Waals surface area contributed by atoms with Crippen LogP contribution in [0.5, 0.6) is 0 Å². The molecule has 0 N–H and O–H groups in total. The maximum absolute atomic E-state index is 3.89. The Hall–Kier alpha value is -1.04. The van der Waals surface area contributed by atoms with Gasteiger partial charge in [-0.25, -0.2) is 0 Å². The molecule has 0 fully saturated rings. The van der Waals surface area contributed by atoms with Gasteiger partial charge in [-0.3, -0.25) is 0 Å². The van der Waals surface area contributed by atoms with Gasteiger partial charge in [0.1, 0.15) is 0 Å². The zero-order chi connectivity index (χ0) is 12.3. The third-order valence-corrected chi connectivity index (χ3v) is 3.21. The maximum atomic E-state index is 3.89. The third kappa shape index (κ3) is 2.98. The van der Waals surface area contributed by atoms with Crippen molar-refractivity contribution >= 4 is 0 Å². The van der Waals surface area contributed by atoms with Crippen molar-refractivity contribution in [2.75, 3.05) is 0 Å². The van der Waals surface area contributed by atoms with Gasteiger partial charge in [-0.15, -0.1) is 6.58 Å². The fourth-order valence-electron chi connectivity index (χ4n) is 1.77. The Kier molecular flexibility index (Phi) is 4.35. The molecule has 16 heavy (non-hydrogen) atoms. The minimum atomic E-state index is 0.441. The van der Waals surface area contributed by atoms with E-state index in [0.717, 1.165) is 0 Å². The highest BCUT2D eigenvalue weighted by molar-refractivity contribution is 5.36. The summed E-state index contributed by atoms with van der Waals surface area (Å²) in [5, 5.41) is 0. The van der Waals surface area contributed by atoms with Crippen LogP contribution < -0.4 is 0 Å². The summed E-state index contributed by atoms with van der Waals surface area (Å²) in [5.41, 5.74) is 4.27. The standard InChI is InChI=1S/C16H24/c1-7-13(6)16-9-14(11(2)3)8-15(10-16)12(4)5/h7-13H,1H2,2-6H3. The summed E-state index contributed by atoms with van der Waals surface area (Å²) < 4.78 is 0. The Balaban J connectivity index is 3.23. The fourth-order valence-corrected chi connectivity index (χ4v) is 1.77. The summed E-state index contributed by atoms with van der Waals surface area (Å²) in [6.45, 7) is 15.1. The molecule has 0 radical (unpaired) electrons. The van der Waals surface area contributed by atoms with E-state index in [1.54, 1.807) is 0 Å². The van der Waals surface area contributed by atoms with Gasteiger partial charge in [0.25, 0.3) is 0 Å². The van der Waals surface area contributed by atoms with Crippen LogP contribution in [0.3, 0.4) is 0 Å². The van der Waals surface area contributed by atoms with Gasteiger partial charge in [0.05, 0.1) is 0 Å². The Morgan fingerprint density at radius 2 is 1.19 bits per heavy atom. The van der Waals surface area contributed by atoms with Gasteiger partial charge in [-0.1, -0.05) is 58.9 Å². The van der Waals surface area contributed by atoms with E-state index >= 15 is 0 Å². The minimum Gasteiger partial charge on any atom is -0.102 e. The lowest BCUT2D eigenvalue weighted by Crippen LogP contribution is -1.98. The minimum absolute atomic E-state index is 0.441. The zero-order valence-corrected chi connectivity index (χ0v) is 11.2. The molecule has 0 spiro atoms. The topological polar surface area (TPSA) is 0 Å². The van der Waals surface area contributed by atoms with Gasteiger partial charge in [-0.05, 0) is 34.4 Å². The van der Waals surface area contributed by atoms with Crippen molar-refractivity contribution in [2.24, 2.45) is 0 Å².